The molecule has 1 aliphatic heterocycles. The van der Waals surface area contributed by atoms with Crippen LogP contribution in [0.5, 0.6) is 0 Å². The summed E-state index contributed by atoms with van der Waals surface area (Å²) >= 11 is 6.66. The molecule has 0 N–H and O–H groups in total. The topological polar surface area (TPSA) is 49.6 Å². The van der Waals surface area contributed by atoms with Crippen LogP contribution in [0.25, 0.3) is 22.1 Å². The monoisotopic (exact) mass is 459 g/mol. The zero-order valence-electron chi connectivity index (χ0n) is 18.6. The zero-order chi connectivity index (χ0) is 22.8. The highest BCUT2D eigenvalue weighted by Crippen LogP contribution is 2.34. The van der Waals surface area contributed by atoms with E-state index in [9.17, 15) is 4.79 Å². The molecule has 0 saturated carbocycles. The fourth-order valence-electron chi connectivity index (χ4n) is 4.63. The highest BCUT2D eigenvalue weighted by Gasteiger charge is 2.21. The molecule has 1 saturated heterocycles. The summed E-state index contributed by atoms with van der Waals surface area (Å²) < 4.78 is 5.65. The molecule has 2 aromatic heterocycles. The number of fused-ring (bicyclic) bond motifs is 1. The van der Waals surface area contributed by atoms with Crippen LogP contribution < -0.4 is 10.5 Å². The third-order valence-corrected chi connectivity index (χ3v) is 6.71. The van der Waals surface area contributed by atoms with E-state index in [2.05, 4.69) is 45.1 Å². The molecule has 5 nitrogen and oxygen atoms in total. The fourth-order valence-corrected chi connectivity index (χ4v) is 4.85. The number of anilines is 1. The van der Waals surface area contributed by atoms with Gasteiger partial charge in [0.2, 0.25) is 0 Å². The van der Waals surface area contributed by atoms with E-state index in [4.69, 9.17) is 16.0 Å². The van der Waals surface area contributed by atoms with E-state index in [-0.39, 0.29) is 5.63 Å². The molecule has 5 rings (SSSR count). The van der Waals surface area contributed by atoms with E-state index in [1.165, 1.54) is 5.69 Å². The van der Waals surface area contributed by atoms with E-state index in [1.54, 1.807) is 18.5 Å². The van der Waals surface area contributed by atoms with Crippen molar-refractivity contribution in [3.8, 4) is 11.1 Å². The molecule has 3 heterocycles. The number of pyridine rings is 1. The summed E-state index contributed by atoms with van der Waals surface area (Å²) in [6.07, 6.45) is 4.12. The van der Waals surface area contributed by atoms with Gasteiger partial charge in [0.05, 0.1) is 0 Å². The summed E-state index contributed by atoms with van der Waals surface area (Å²) in [5.41, 5.74) is 4.98. The van der Waals surface area contributed by atoms with Crippen LogP contribution in [0.3, 0.4) is 0 Å². The lowest BCUT2D eigenvalue weighted by Crippen LogP contribution is -2.46. The highest BCUT2D eigenvalue weighted by molar-refractivity contribution is 6.32. The first-order valence-corrected chi connectivity index (χ1v) is 11.7. The predicted molar refractivity (Wildman–Crippen MR) is 134 cm³/mol. The second-order valence-corrected chi connectivity index (χ2v) is 8.78. The van der Waals surface area contributed by atoms with Crippen LogP contribution in [0.4, 0.5) is 5.69 Å². The summed E-state index contributed by atoms with van der Waals surface area (Å²) in [6.45, 7) is 6.60. The quantitative estimate of drug-likeness (QED) is 0.374. The second-order valence-electron chi connectivity index (χ2n) is 8.38. The smallest absolute Gasteiger partial charge is 0.340 e. The van der Waals surface area contributed by atoms with Gasteiger partial charge in [-0.25, -0.2) is 4.79 Å². The van der Waals surface area contributed by atoms with Crippen molar-refractivity contribution >= 4 is 28.3 Å². The minimum atomic E-state index is -0.315. The predicted octanol–water partition coefficient (Wildman–Crippen LogP) is 5.39. The Balaban J connectivity index is 1.47. The van der Waals surface area contributed by atoms with Gasteiger partial charge >= 0.3 is 5.63 Å². The van der Waals surface area contributed by atoms with Gasteiger partial charge < -0.3 is 9.32 Å². The van der Waals surface area contributed by atoms with Crippen LogP contribution in [0.15, 0.2) is 76.2 Å². The summed E-state index contributed by atoms with van der Waals surface area (Å²) in [7, 11) is 0. The summed E-state index contributed by atoms with van der Waals surface area (Å²) in [4.78, 5) is 21.8. The van der Waals surface area contributed by atoms with Gasteiger partial charge in [-0.2, -0.15) is 0 Å². The Labute approximate surface area is 198 Å². The fraction of sp³-hybridized carbons (Fsp3) is 0.259. The molecule has 0 atom stereocenters. The van der Waals surface area contributed by atoms with Crippen molar-refractivity contribution in [2.75, 3.05) is 31.1 Å². The lowest BCUT2D eigenvalue weighted by molar-refractivity contribution is 0.250. The van der Waals surface area contributed by atoms with Crippen LogP contribution in [0.1, 0.15) is 18.1 Å². The van der Waals surface area contributed by atoms with Crippen LogP contribution in [-0.4, -0.2) is 36.1 Å². The third-order valence-electron chi connectivity index (χ3n) is 6.36. The van der Waals surface area contributed by atoms with Crippen molar-refractivity contribution in [3.63, 3.8) is 0 Å². The van der Waals surface area contributed by atoms with Gasteiger partial charge in [-0.3, -0.25) is 9.88 Å². The maximum atomic E-state index is 12.7. The van der Waals surface area contributed by atoms with Crippen LogP contribution >= 0.6 is 11.6 Å². The molecule has 0 spiro atoms. The van der Waals surface area contributed by atoms with E-state index in [0.717, 1.165) is 54.8 Å². The molecule has 168 valence electrons. The van der Waals surface area contributed by atoms with Crippen LogP contribution in [0, 0.1) is 0 Å². The largest absolute Gasteiger partial charge is 0.422 e. The molecular weight excluding hydrogens is 434 g/mol. The Kier molecular flexibility index (Phi) is 6.16. The van der Waals surface area contributed by atoms with Crippen molar-refractivity contribution in [2.24, 2.45) is 0 Å². The Hall–Kier alpha value is -3.15. The van der Waals surface area contributed by atoms with Crippen molar-refractivity contribution in [1.29, 1.82) is 0 Å². The Morgan fingerprint density at radius 2 is 1.82 bits per heavy atom. The van der Waals surface area contributed by atoms with Gasteiger partial charge in [-0.1, -0.05) is 42.8 Å². The Morgan fingerprint density at radius 3 is 2.52 bits per heavy atom. The molecule has 0 amide bonds. The number of aromatic nitrogens is 1. The number of nitrogens with zero attached hydrogens (tertiary/aromatic N) is 3. The van der Waals surface area contributed by atoms with E-state index < -0.39 is 0 Å². The maximum Gasteiger partial charge on any atom is 0.340 e. The number of hydrogen-bond acceptors (Lipinski definition) is 5. The number of benzene rings is 2. The molecule has 2 aromatic carbocycles. The minimum Gasteiger partial charge on any atom is -0.422 e. The van der Waals surface area contributed by atoms with Gasteiger partial charge in [-0.15, -0.1) is 0 Å². The molecule has 0 aliphatic carbocycles. The first-order valence-electron chi connectivity index (χ1n) is 11.3. The second kappa shape index (κ2) is 9.38. The lowest BCUT2D eigenvalue weighted by atomic mass is 9.96. The molecule has 1 fully saturated rings. The SMILES string of the molecule is CCc1c(-c2cccnc2)c2cc(CN3CCN(c4ccccc4)CC3)c(Cl)cc2oc1=O. The summed E-state index contributed by atoms with van der Waals surface area (Å²) in [5.74, 6) is 0. The lowest BCUT2D eigenvalue weighted by Gasteiger charge is -2.36. The number of para-hydroxylation sites is 1. The van der Waals surface area contributed by atoms with Crippen molar-refractivity contribution in [1.82, 2.24) is 9.88 Å². The minimum absolute atomic E-state index is 0.315. The first kappa shape index (κ1) is 21.7. The molecule has 0 radical (unpaired) electrons. The Morgan fingerprint density at radius 1 is 1.03 bits per heavy atom. The van der Waals surface area contributed by atoms with Crippen molar-refractivity contribution < 1.29 is 4.42 Å². The van der Waals surface area contributed by atoms with Crippen molar-refractivity contribution in [2.45, 2.75) is 19.9 Å². The highest BCUT2D eigenvalue weighted by atomic mass is 35.5. The number of piperazine rings is 1. The zero-order valence-corrected chi connectivity index (χ0v) is 19.4. The molecule has 4 aromatic rings. The Bertz CT molecular complexity index is 1310. The normalized spacial score (nSPS) is 14.7. The molecule has 0 bridgehead atoms. The van der Waals surface area contributed by atoms with E-state index in [0.29, 0.717) is 22.6 Å². The van der Waals surface area contributed by atoms with Crippen LogP contribution in [-0.2, 0) is 13.0 Å². The molecule has 0 unspecified atom stereocenters. The van der Waals surface area contributed by atoms with Gasteiger partial charge in [0, 0.05) is 84.0 Å². The van der Waals surface area contributed by atoms with Crippen LogP contribution in [0.2, 0.25) is 5.02 Å². The molecular formula is C27H26ClN3O2. The average Bonchev–Trinajstić information content (AvgIpc) is 2.85. The molecule has 6 heteroatoms. The van der Waals surface area contributed by atoms with E-state index >= 15 is 0 Å². The van der Waals surface area contributed by atoms with Crippen molar-refractivity contribution in [3.05, 3.63) is 93.6 Å². The average molecular weight is 460 g/mol. The van der Waals surface area contributed by atoms with E-state index in [1.807, 2.05) is 25.1 Å². The number of halogens is 1. The molecule has 33 heavy (non-hydrogen) atoms. The summed E-state index contributed by atoms with van der Waals surface area (Å²) in [5, 5.41) is 1.53. The first-order chi connectivity index (χ1) is 16.1. The maximum absolute atomic E-state index is 12.7. The number of rotatable bonds is 5. The number of hydrogen-bond donors (Lipinski definition) is 0. The van der Waals surface area contributed by atoms with Gasteiger partial charge in [0.25, 0.3) is 0 Å². The molecule has 1 aliphatic rings. The van der Waals surface area contributed by atoms with Gasteiger partial charge in [-0.05, 0) is 36.2 Å². The third kappa shape index (κ3) is 4.39. The standard InChI is InChI=1S/C27H26ClN3O2/c1-2-22-26(19-7-6-10-29-17-19)23-15-20(24(28)16-25(23)33-27(22)32)18-30-11-13-31(14-12-30)21-8-4-3-5-9-21/h3-10,15-17H,2,11-14,18H2,1H3. The summed E-state index contributed by atoms with van der Waals surface area (Å²) in [6, 6.07) is 18.3. The van der Waals surface area contributed by atoms with Gasteiger partial charge in [0.15, 0.2) is 0 Å². The van der Waals surface area contributed by atoms with Gasteiger partial charge in [0.1, 0.15) is 5.58 Å².